The minimum atomic E-state index is 0.900. The van der Waals surface area contributed by atoms with Gasteiger partial charge in [-0.3, -0.25) is 0 Å². The number of aromatic amines is 1. The lowest BCUT2D eigenvalue weighted by Crippen LogP contribution is -2.06. The molecule has 0 amide bonds. The number of rotatable bonds is 1. The van der Waals surface area contributed by atoms with E-state index in [0.29, 0.717) is 0 Å². The molecule has 0 aliphatic heterocycles. The van der Waals surface area contributed by atoms with Gasteiger partial charge in [-0.2, -0.15) is 0 Å². The fraction of sp³-hybridized carbons (Fsp3) is 0.111. The highest BCUT2D eigenvalue weighted by Gasteiger charge is 1.96. The van der Waals surface area contributed by atoms with Crippen LogP contribution in [0.25, 0.3) is 19.2 Å². The first-order valence-electron chi connectivity index (χ1n) is 3.15. The average molecular weight is 133 g/mol. The Morgan fingerprint density at radius 2 is 1.90 bits per heavy atom. The molecule has 1 aromatic rings. The van der Waals surface area contributed by atoms with E-state index in [1.54, 1.807) is 6.08 Å². The van der Waals surface area contributed by atoms with Crippen LogP contribution in [-0.2, 0) is 0 Å². The van der Waals surface area contributed by atoms with Gasteiger partial charge in [0.15, 0.2) is 0 Å². The molecule has 1 rings (SSSR count). The summed E-state index contributed by atoms with van der Waals surface area (Å²) in [5, 5.41) is 1.83. The Balaban J connectivity index is 3.64. The van der Waals surface area contributed by atoms with Crippen LogP contribution < -0.4 is 10.7 Å². The first-order valence-corrected chi connectivity index (χ1v) is 3.15. The second-order valence-electron chi connectivity index (χ2n) is 2.32. The van der Waals surface area contributed by atoms with E-state index in [-0.39, 0.29) is 0 Å². The van der Waals surface area contributed by atoms with Crippen LogP contribution in [0.15, 0.2) is 6.58 Å². The number of hydrogen-bond donors (Lipinski definition) is 1. The molecule has 1 heterocycles. The van der Waals surface area contributed by atoms with E-state index in [1.807, 2.05) is 6.92 Å². The molecule has 0 aromatic carbocycles. The van der Waals surface area contributed by atoms with Gasteiger partial charge in [-0.1, -0.05) is 25.8 Å². The number of hydrogen-bond acceptors (Lipinski definition) is 0. The van der Waals surface area contributed by atoms with E-state index in [0.717, 1.165) is 21.8 Å². The van der Waals surface area contributed by atoms with Crippen molar-refractivity contribution in [1.82, 2.24) is 4.98 Å². The maximum absolute atomic E-state index is 3.81. The van der Waals surface area contributed by atoms with Crippen LogP contribution in [0, 0.1) is 6.92 Å². The van der Waals surface area contributed by atoms with E-state index in [2.05, 4.69) is 24.7 Å². The summed E-state index contributed by atoms with van der Waals surface area (Å²) in [5.41, 5.74) is 2.21. The Labute approximate surface area is 60.4 Å². The third-order valence-electron chi connectivity index (χ3n) is 1.69. The summed E-state index contributed by atoms with van der Waals surface area (Å²) in [6.07, 6.45) is 1.79. The summed E-state index contributed by atoms with van der Waals surface area (Å²) in [7, 11) is 0. The zero-order chi connectivity index (χ0) is 7.72. The highest BCUT2D eigenvalue weighted by molar-refractivity contribution is 5.52. The van der Waals surface area contributed by atoms with E-state index in [1.165, 1.54) is 0 Å². The fourth-order valence-electron chi connectivity index (χ4n) is 1.01. The standard InChI is InChI=1S/C9H11N/c1-5-9-6(2)7(3)10-8(9)4/h5,10H,1,3-4H2,2H3. The lowest BCUT2D eigenvalue weighted by atomic mass is 10.2. The number of H-pyrrole nitrogens is 1. The van der Waals surface area contributed by atoms with Crippen LogP contribution in [0.2, 0.25) is 0 Å². The van der Waals surface area contributed by atoms with Crippen molar-refractivity contribution in [3.63, 3.8) is 0 Å². The predicted molar refractivity (Wildman–Crippen MR) is 45.9 cm³/mol. The van der Waals surface area contributed by atoms with E-state index >= 15 is 0 Å². The summed E-state index contributed by atoms with van der Waals surface area (Å²) in [6, 6.07) is 0. The minimum absolute atomic E-state index is 0.900. The van der Waals surface area contributed by atoms with E-state index in [4.69, 9.17) is 0 Å². The highest BCUT2D eigenvalue weighted by Crippen LogP contribution is 1.94. The van der Waals surface area contributed by atoms with Crippen LogP contribution in [0.5, 0.6) is 0 Å². The van der Waals surface area contributed by atoms with Crippen LogP contribution in [0.3, 0.4) is 0 Å². The van der Waals surface area contributed by atoms with Crippen LogP contribution >= 0.6 is 0 Å². The molecule has 0 aliphatic rings. The lowest BCUT2D eigenvalue weighted by Gasteiger charge is -1.85. The number of aromatic nitrogens is 1. The molecule has 0 unspecified atom stereocenters. The lowest BCUT2D eigenvalue weighted by molar-refractivity contribution is 1.26. The molecule has 0 spiro atoms. The average Bonchev–Trinajstić information content (AvgIpc) is 2.09. The maximum Gasteiger partial charge on any atom is 0.0387 e. The Hall–Kier alpha value is -1.24. The van der Waals surface area contributed by atoms with Crippen LogP contribution in [-0.4, -0.2) is 4.98 Å². The normalized spacial score (nSPS) is 9.70. The molecule has 0 radical (unpaired) electrons. The summed E-state index contributed by atoms with van der Waals surface area (Å²) in [4.78, 5) is 3.03. The third-order valence-corrected chi connectivity index (χ3v) is 1.69. The Morgan fingerprint density at radius 1 is 1.30 bits per heavy atom. The first-order chi connectivity index (χ1) is 4.66. The van der Waals surface area contributed by atoms with Crippen LogP contribution in [0.1, 0.15) is 11.1 Å². The molecular formula is C9H11N. The monoisotopic (exact) mass is 133 g/mol. The smallest absolute Gasteiger partial charge is 0.0387 e. The van der Waals surface area contributed by atoms with Gasteiger partial charge in [0.1, 0.15) is 0 Å². The van der Waals surface area contributed by atoms with Crippen molar-refractivity contribution >= 4 is 19.2 Å². The molecule has 1 nitrogen and oxygen atoms in total. The molecule has 1 aromatic heterocycles. The zero-order valence-corrected chi connectivity index (χ0v) is 6.20. The molecular weight excluding hydrogens is 122 g/mol. The van der Waals surface area contributed by atoms with Crippen molar-refractivity contribution in [1.29, 1.82) is 0 Å². The van der Waals surface area contributed by atoms with Gasteiger partial charge in [-0.05, 0) is 12.5 Å². The summed E-state index contributed by atoms with van der Waals surface area (Å²) < 4.78 is 0. The molecule has 1 heteroatoms. The second-order valence-corrected chi connectivity index (χ2v) is 2.32. The van der Waals surface area contributed by atoms with Gasteiger partial charge < -0.3 is 4.98 Å². The Bertz CT molecular complexity index is 344. The van der Waals surface area contributed by atoms with Crippen LogP contribution in [0.4, 0.5) is 0 Å². The molecule has 0 saturated heterocycles. The molecule has 1 N–H and O–H groups in total. The van der Waals surface area contributed by atoms with Gasteiger partial charge in [0, 0.05) is 16.3 Å². The van der Waals surface area contributed by atoms with Gasteiger partial charge in [-0.25, -0.2) is 0 Å². The quantitative estimate of drug-likeness (QED) is 0.583. The number of nitrogens with one attached hydrogen (secondary N) is 1. The summed E-state index contributed by atoms with van der Waals surface area (Å²) >= 11 is 0. The summed E-state index contributed by atoms with van der Waals surface area (Å²) in [5.74, 6) is 0. The predicted octanol–water partition coefficient (Wildman–Crippen LogP) is 0.787. The maximum atomic E-state index is 3.81. The van der Waals surface area contributed by atoms with Crippen molar-refractivity contribution in [2.75, 3.05) is 0 Å². The van der Waals surface area contributed by atoms with E-state index in [9.17, 15) is 0 Å². The van der Waals surface area contributed by atoms with Gasteiger partial charge in [-0.15, -0.1) is 0 Å². The Kier molecular flexibility index (Phi) is 1.50. The molecule has 10 heavy (non-hydrogen) atoms. The molecule has 0 fully saturated rings. The molecule has 0 atom stereocenters. The minimum Gasteiger partial charge on any atom is -0.356 e. The van der Waals surface area contributed by atoms with Gasteiger partial charge in [0.2, 0.25) is 0 Å². The van der Waals surface area contributed by atoms with Crippen molar-refractivity contribution in [2.45, 2.75) is 6.92 Å². The SMILES string of the molecule is C=Cc1c(C)c(=C)[nH]c1=C. The first kappa shape index (κ1) is 6.87. The highest BCUT2D eigenvalue weighted by atomic mass is 14.7. The zero-order valence-electron chi connectivity index (χ0n) is 6.20. The molecule has 0 saturated carbocycles. The molecule has 52 valence electrons. The van der Waals surface area contributed by atoms with Crippen molar-refractivity contribution in [2.24, 2.45) is 0 Å². The van der Waals surface area contributed by atoms with Gasteiger partial charge in [0.25, 0.3) is 0 Å². The molecule has 0 aliphatic carbocycles. The van der Waals surface area contributed by atoms with Gasteiger partial charge >= 0.3 is 0 Å². The fourth-order valence-corrected chi connectivity index (χ4v) is 1.01. The third kappa shape index (κ3) is 0.798. The van der Waals surface area contributed by atoms with Crippen molar-refractivity contribution in [3.05, 3.63) is 28.4 Å². The second kappa shape index (κ2) is 2.18. The Morgan fingerprint density at radius 3 is 2.10 bits per heavy atom. The topological polar surface area (TPSA) is 15.8 Å². The van der Waals surface area contributed by atoms with Gasteiger partial charge in [0.05, 0.1) is 0 Å². The van der Waals surface area contributed by atoms with Crippen molar-refractivity contribution in [3.8, 4) is 0 Å². The van der Waals surface area contributed by atoms with E-state index < -0.39 is 0 Å². The molecule has 0 bridgehead atoms. The largest absolute Gasteiger partial charge is 0.356 e. The summed E-state index contributed by atoms with van der Waals surface area (Å²) in [6.45, 7) is 13.3. The van der Waals surface area contributed by atoms with Crippen molar-refractivity contribution < 1.29 is 0 Å².